The fourth-order valence-corrected chi connectivity index (χ4v) is 3.05. The van der Waals surface area contributed by atoms with Crippen molar-refractivity contribution in [3.05, 3.63) is 52.6 Å². The van der Waals surface area contributed by atoms with Gasteiger partial charge >= 0.3 is 0 Å². The van der Waals surface area contributed by atoms with Crippen molar-refractivity contribution in [1.82, 2.24) is 14.7 Å². The quantitative estimate of drug-likeness (QED) is 0.870. The van der Waals surface area contributed by atoms with E-state index in [1.54, 1.807) is 17.2 Å². The molecule has 0 N–H and O–H groups in total. The van der Waals surface area contributed by atoms with Gasteiger partial charge in [0.15, 0.2) is 0 Å². The van der Waals surface area contributed by atoms with Gasteiger partial charge in [-0.15, -0.1) is 0 Å². The van der Waals surface area contributed by atoms with Crippen molar-refractivity contribution in [2.75, 3.05) is 6.54 Å². The molecule has 1 aromatic carbocycles. The Hall–Kier alpha value is -1.88. The van der Waals surface area contributed by atoms with Crippen LogP contribution in [0, 0.1) is 12.7 Å². The van der Waals surface area contributed by atoms with E-state index in [1.165, 1.54) is 12.1 Å². The summed E-state index contributed by atoms with van der Waals surface area (Å²) in [6, 6.07) is 4.21. The van der Waals surface area contributed by atoms with E-state index in [0.717, 1.165) is 18.4 Å². The summed E-state index contributed by atoms with van der Waals surface area (Å²) in [7, 11) is 0. The Morgan fingerprint density at radius 3 is 3.00 bits per heavy atom. The van der Waals surface area contributed by atoms with Gasteiger partial charge in [0.2, 0.25) is 0 Å². The lowest BCUT2D eigenvalue weighted by molar-refractivity contribution is 0.0717. The highest BCUT2D eigenvalue weighted by molar-refractivity contribution is 6.30. The van der Waals surface area contributed by atoms with Crippen molar-refractivity contribution in [1.29, 1.82) is 0 Å². The maximum atomic E-state index is 14.0. The molecule has 116 valence electrons. The lowest BCUT2D eigenvalue weighted by Gasteiger charge is -2.25. The summed E-state index contributed by atoms with van der Waals surface area (Å²) in [5.74, 6) is -0.848. The number of benzene rings is 1. The zero-order valence-electron chi connectivity index (χ0n) is 12.3. The number of carbonyl (C=O) groups excluding carboxylic acids is 1. The van der Waals surface area contributed by atoms with Gasteiger partial charge in [0.1, 0.15) is 5.82 Å². The van der Waals surface area contributed by atoms with Crippen LogP contribution in [0.2, 0.25) is 5.02 Å². The topological polar surface area (TPSA) is 38.1 Å². The van der Waals surface area contributed by atoms with Crippen molar-refractivity contribution < 1.29 is 9.18 Å². The molecule has 1 aliphatic rings. The standard InChI is InChI=1S/C16H17ClFN3O/c1-11-8-19-20(9-11)10-13-3-2-6-21(13)16(22)14-5-4-12(17)7-15(14)18/h4-5,7-9,13H,2-3,6,10H2,1H3/t13-/m0/s1. The molecule has 2 aromatic rings. The van der Waals surface area contributed by atoms with Crippen LogP contribution in [0.5, 0.6) is 0 Å². The van der Waals surface area contributed by atoms with E-state index in [-0.39, 0.29) is 17.5 Å². The van der Waals surface area contributed by atoms with Crippen LogP contribution in [0.1, 0.15) is 28.8 Å². The van der Waals surface area contributed by atoms with Gasteiger partial charge in [-0.3, -0.25) is 9.48 Å². The normalized spacial score (nSPS) is 18.0. The molecule has 2 heterocycles. The first-order chi connectivity index (χ1) is 10.5. The van der Waals surface area contributed by atoms with Gasteiger partial charge in [0, 0.05) is 17.8 Å². The van der Waals surface area contributed by atoms with E-state index < -0.39 is 5.82 Å². The third kappa shape index (κ3) is 2.99. The molecular formula is C16H17ClFN3O. The maximum Gasteiger partial charge on any atom is 0.257 e. The average molecular weight is 322 g/mol. The van der Waals surface area contributed by atoms with Crippen molar-refractivity contribution >= 4 is 17.5 Å². The van der Waals surface area contributed by atoms with Gasteiger partial charge in [-0.1, -0.05) is 11.6 Å². The summed E-state index contributed by atoms with van der Waals surface area (Å²) in [6.45, 7) is 3.25. The highest BCUT2D eigenvalue weighted by Gasteiger charge is 2.31. The third-order valence-electron chi connectivity index (χ3n) is 3.96. The number of hydrogen-bond donors (Lipinski definition) is 0. The Morgan fingerprint density at radius 2 is 2.32 bits per heavy atom. The van der Waals surface area contributed by atoms with E-state index >= 15 is 0 Å². The molecule has 4 nitrogen and oxygen atoms in total. The fourth-order valence-electron chi connectivity index (χ4n) is 2.89. The Kier molecular flexibility index (Phi) is 4.16. The zero-order chi connectivity index (χ0) is 15.7. The van der Waals surface area contributed by atoms with Crippen LogP contribution in [0.15, 0.2) is 30.6 Å². The second-order valence-corrected chi connectivity index (χ2v) is 6.09. The lowest BCUT2D eigenvalue weighted by atomic mass is 10.1. The average Bonchev–Trinajstić information content (AvgIpc) is 3.08. The molecule has 1 amide bonds. The van der Waals surface area contributed by atoms with E-state index in [9.17, 15) is 9.18 Å². The van der Waals surface area contributed by atoms with Crippen molar-refractivity contribution in [3.8, 4) is 0 Å². The monoisotopic (exact) mass is 321 g/mol. The summed E-state index contributed by atoms with van der Waals surface area (Å²) in [5.41, 5.74) is 1.16. The maximum absolute atomic E-state index is 14.0. The number of carbonyl (C=O) groups is 1. The van der Waals surface area contributed by atoms with Crippen molar-refractivity contribution in [3.63, 3.8) is 0 Å². The van der Waals surface area contributed by atoms with Crippen molar-refractivity contribution in [2.45, 2.75) is 32.4 Å². The molecule has 1 saturated heterocycles. The second-order valence-electron chi connectivity index (χ2n) is 5.66. The van der Waals surface area contributed by atoms with Crippen LogP contribution in [0.25, 0.3) is 0 Å². The van der Waals surface area contributed by atoms with Gasteiger partial charge < -0.3 is 4.90 Å². The number of likely N-dealkylation sites (tertiary alicyclic amines) is 1. The Bertz CT molecular complexity index is 700. The van der Waals surface area contributed by atoms with Gasteiger partial charge in [0.05, 0.1) is 24.3 Å². The van der Waals surface area contributed by atoms with Crippen molar-refractivity contribution in [2.24, 2.45) is 0 Å². The number of nitrogens with zero attached hydrogens (tertiary/aromatic N) is 3. The SMILES string of the molecule is Cc1cnn(C[C@@H]2CCCN2C(=O)c2ccc(Cl)cc2F)c1. The molecule has 0 spiro atoms. The third-order valence-corrected chi connectivity index (χ3v) is 4.19. The lowest BCUT2D eigenvalue weighted by Crippen LogP contribution is -2.38. The number of rotatable bonds is 3. The molecular weight excluding hydrogens is 305 g/mol. The predicted octanol–water partition coefficient (Wildman–Crippen LogP) is 3.29. The molecule has 22 heavy (non-hydrogen) atoms. The molecule has 1 aliphatic heterocycles. The Morgan fingerprint density at radius 1 is 1.50 bits per heavy atom. The summed E-state index contributed by atoms with van der Waals surface area (Å²) in [6.07, 6.45) is 5.57. The molecule has 1 fully saturated rings. The van der Waals surface area contributed by atoms with E-state index in [1.807, 2.05) is 17.8 Å². The number of hydrogen-bond acceptors (Lipinski definition) is 2. The first-order valence-corrected chi connectivity index (χ1v) is 7.67. The summed E-state index contributed by atoms with van der Waals surface area (Å²) in [5, 5.41) is 4.55. The Balaban J connectivity index is 1.78. The van der Waals surface area contributed by atoms with Crippen LogP contribution in [0.4, 0.5) is 4.39 Å². The number of halogens is 2. The van der Waals surface area contributed by atoms with E-state index in [2.05, 4.69) is 5.10 Å². The first-order valence-electron chi connectivity index (χ1n) is 7.29. The highest BCUT2D eigenvalue weighted by Crippen LogP contribution is 2.23. The Labute approximate surface area is 133 Å². The first kappa shape index (κ1) is 15.0. The zero-order valence-corrected chi connectivity index (χ0v) is 13.1. The summed E-state index contributed by atoms with van der Waals surface area (Å²) in [4.78, 5) is 14.3. The number of aromatic nitrogens is 2. The van der Waals surface area contributed by atoms with Crippen LogP contribution in [-0.2, 0) is 6.54 Å². The van der Waals surface area contributed by atoms with Gasteiger partial charge in [-0.2, -0.15) is 5.10 Å². The van der Waals surface area contributed by atoms with E-state index in [0.29, 0.717) is 18.1 Å². The smallest absolute Gasteiger partial charge is 0.257 e. The summed E-state index contributed by atoms with van der Waals surface area (Å²) >= 11 is 5.74. The van der Waals surface area contributed by atoms with Crippen LogP contribution >= 0.6 is 11.6 Å². The number of amides is 1. The van der Waals surface area contributed by atoms with E-state index in [4.69, 9.17) is 11.6 Å². The van der Waals surface area contributed by atoms with Gasteiger partial charge in [-0.25, -0.2) is 4.39 Å². The van der Waals surface area contributed by atoms with Crippen LogP contribution in [-0.4, -0.2) is 33.2 Å². The molecule has 1 aromatic heterocycles. The van der Waals surface area contributed by atoms with Gasteiger partial charge in [0.25, 0.3) is 5.91 Å². The molecule has 3 rings (SSSR count). The molecule has 0 saturated carbocycles. The van der Waals surface area contributed by atoms with Crippen LogP contribution in [0.3, 0.4) is 0 Å². The minimum Gasteiger partial charge on any atom is -0.334 e. The molecule has 6 heteroatoms. The minimum absolute atomic E-state index is 0.0434. The summed E-state index contributed by atoms with van der Waals surface area (Å²) < 4.78 is 15.8. The highest BCUT2D eigenvalue weighted by atomic mass is 35.5. The number of aryl methyl sites for hydroxylation is 1. The largest absolute Gasteiger partial charge is 0.334 e. The molecule has 0 radical (unpaired) electrons. The van der Waals surface area contributed by atoms with Crippen LogP contribution < -0.4 is 0 Å². The minimum atomic E-state index is -0.571. The molecule has 1 atom stereocenters. The second kappa shape index (κ2) is 6.08. The molecule has 0 bridgehead atoms. The fraction of sp³-hybridized carbons (Fsp3) is 0.375. The predicted molar refractivity (Wildman–Crippen MR) is 82.4 cm³/mol. The molecule has 0 aliphatic carbocycles. The van der Waals surface area contributed by atoms with Gasteiger partial charge in [-0.05, 0) is 43.5 Å². The molecule has 0 unspecified atom stereocenters.